The molecule has 0 aliphatic heterocycles. The van der Waals surface area contributed by atoms with Crippen LogP contribution in [-0.2, 0) is 29.4 Å². The number of aryl methyl sites for hydroxylation is 2. The van der Waals surface area contributed by atoms with E-state index < -0.39 is 10.0 Å². The van der Waals surface area contributed by atoms with Crippen molar-refractivity contribution in [1.82, 2.24) is 10.0 Å². The molecular weight excluding hydrogens is 392 g/mol. The lowest BCUT2D eigenvalue weighted by molar-refractivity contribution is 0.0955. The molecule has 0 atom stereocenters. The second-order valence-corrected chi connectivity index (χ2v) is 10.4. The molecule has 0 saturated carbocycles. The summed E-state index contributed by atoms with van der Waals surface area (Å²) in [4.78, 5) is 14.9. The Morgan fingerprint density at radius 2 is 1.86 bits per heavy atom. The number of hydrogen-bond acceptors (Lipinski definition) is 4. The standard InChI is InChI=1S/C21H28N2O3S2/c1-15(2)23-28(25,26)18-10-7-8-16(12-18)14-22-21(24)20-13-17-9-5-3-4-6-11-19(17)27-20/h7-8,10,12-13,15,23H,3-6,9,11,14H2,1-2H3,(H,22,24). The maximum absolute atomic E-state index is 12.6. The summed E-state index contributed by atoms with van der Waals surface area (Å²) in [7, 11) is -3.54. The van der Waals surface area contributed by atoms with Gasteiger partial charge in [0, 0.05) is 17.5 Å². The second kappa shape index (κ2) is 9.20. The number of hydrogen-bond donors (Lipinski definition) is 2. The second-order valence-electron chi connectivity index (χ2n) is 7.58. The molecule has 1 aliphatic rings. The molecule has 1 heterocycles. The molecule has 152 valence electrons. The SMILES string of the molecule is CC(C)NS(=O)(=O)c1cccc(CNC(=O)c2cc3c(s2)CCCCCC3)c1. The third-order valence-electron chi connectivity index (χ3n) is 4.77. The molecule has 7 heteroatoms. The Bertz CT molecular complexity index is 907. The first-order valence-electron chi connectivity index (χ1n) is 9.86. The smallest absolute Gasteiger partial charge is 0.261 e. The number of carbonyl (C=O) groups excluding carboxylic acids is 1. The zero-order valence-electron chi connectivity index (χ0n) is 16.5. The van der Waals surface area contributed by atoms with E-state index in [4.69, 9.17) is 0 Å². The molecule has 2 aromatic rings. The Balaban J connectivity index is 1.67. The van der Waals surface area contributed by atoms with Gasteiger partial charge in [0.25, 0.3) is 5.91 Å². The van der Waals surface area contributed by atoms with Crippen molar-refractivity contribution in [1.29, 1.82) is 0 Å². The predicted octanol–water partition coefficient (Wildman–Crippen LogP) is 4.02. The lowest BCUT2D eigenvalue weighted by atomic mass is 10.00. The van der Waals surface area contributed by atoms with Crippen LogP contribution in [0.1, 0.15) is 65.2 Å². The van der Waals surface area contributed by atoms with Crippen molar-refractivity contribution in [3.8, 4) is 0 Å². The summed E-state index contributed by atoms with van der Waals surface area (Å²) >= 11 is 1.60. The van der Waals surface area contributed by atoms with Crippen LogP contribution in [-0.4, -0.2) is 20.4 Å². The molecule has 0 unspecified atom stereocenters. The molecule has 2 N–H and O–H groups in total. The molecule has 28 heavy (non-hydrogen) atoms. The molecule has 5 nitrogen and oxygen atoms in total. The van der Waals surface area contributed by atoms with Gasteiger partial charge in [-0.2, -0.15) is 0 Å². The van der Waals surface area contributed by atoms with Crippen LogP contribution in [0.2, 0.25) is 0 Å². The number of rotatable bonds is 6. The highest BCUT2D eigenvalue weighted by atomic mass is 32.2. The van der Waals surface area contributed by atoms with Gasteiger partial charge in [-0.3, -0.25) is 4.79 Å². The number of thiophene rings is 1. The summed E-state index contributed by atoms with van der Waals surface area (Å²) < 4.78 is 27.2. The molecule has 1 aromatic heterocycles. The Kier molecular flexibility index (Phi) is 6.91. The third-order valence-corrected chi connectivity index (χ3v) is 7.67. The summed E-state index contributed by atoms with van der Waals surface area (Å²) in [6, 6.07) is 8.56. The van der Waals surface area contributed by atoms with Gasteiger partial charge in [0.1, 0.15) is 0 Å². The number of fused-ring (bicyclic) bond motifs is 1. The van der Waals surface area contributed by atoms with Crippen LogP contribution in [0.4, 0.5) is 0 Å². The number of nitrogens with one attached hydrogen (secondary N) is 2. The van der Waals surface area contributed by atoms with E-state index in [0.29, 0.717) is 6.54 Å². The minimum atomic E-state index is -3.54. The average molecular weight is 421 g/mol. The first kappa shape index (κ1) is 21.0. The third kappa shape index (κ3) is 5.43. The van der Waals surface area contributed by atoms with Crippen LogP contribution in [0.25, 0.3) is 0 Å². The van der Waals surface area contributed by atoms with E-state index in [1.54, 1.807) is 43.4 Å². The molecule has 0 spiro atoms. The van der Waals surface area contributed by atoms with Crippen molar-refractivity contribution in [3.63, 3.8) is 0 Å². The van der Waals surface area contributed by atoms with E-state index in [2.05, 4.69) is 10.0 Å². The highest BCUT2D eigenvalue weighted by molar-refractivity contribution is 7.89. The molecule has 1 aliphatic carbocycles. The summed E-state index contributed by atoms with van der Waals surface area (Å²) in [6.07, 6.45) is 7.04. The highest BCUT2D eigenvalue weighted by Crippen LogP contribution is 2.28. The van der Waals surface area contributed by atoms with Gasteiger partial charge in [-0.1, -0.05) is 25.0 Å². The normalized spacial score (nSPS) is 15.0. The van der Waals surface area contributed by atoms with Crippen LogP contribution in [0.15, 0.2) is 35.2 Å². The fraction of sp³-hybridized carbons (Fsp3) is 0.476. The number of benzene rings is 1. The molecule has 1 aromatic carbocycles. The minimum absolute atomic E-state index is 0.0923. The number of sulfonamides is 1. The van der Waals surface area contributed by atoms with Crippen molar-refractivity contribution < 1.29 is 13.2 Å². The lowest BCUT2D eigenvalue weighted by Gasteiger charge is -2.11. The summed E-state index contributed by atoms with van der Waals surface area (Å²) in [6.45, 7) is 3.87. The van der Waals surface area contributed by atoms with Crippen LogP contribution in [0.5, 0.6) is 0 Å². The zero-order chi connectivity index (χ0) is 20.1. The van der Waals surface area contributed by atoms with Gasteiger partial charge in [0.15, 0.2) is 0 Å². The van der Waals surface area contributed by atoms with Crippen molar-refractivity contribution >= 4 is 27.3 Å². The monoisotopic (exact) mass is 420 g/mol. The average Bonchev–Trinajstić information content (AvgIpc) is 3.01. The molecular formula is C21H28N2O3S2. The van der Waals surface area contributed by atoms with Gasteiger partial charge in [0.2, 0.25) is 10.0 Å². The van der Waals surface area contributed by atoms with E-state index in [-0.39, 0.29) is 16.8 Å². The zero-order valence-corrected chi connectivity index (χ0v) is 18.1. The summed E-state index contributed by atoms with van der Waals surface area (Å²) in [5, 5.41) is 2.93. The van der Waals surface area contributed by atoms with Gasteiger partial charge in [0.05, 0.1) is 9.77 Å². The van der Waals surface area contributed by atoms with Gasteiger partial charge >= 0.3 is 0 Å². The Morgan fingerprint density at radius 3 is 2.61 bits per heavy atom. The Morgan fingerprint density at radius 1 is 1.11 bits per heavy atom. The molecule has 0 radical (unpaired) electrons. The van der Waals surface area contributed by atoms with Crippen molar-refractivity contribution in [2.45, 2.75) is 69.9 Å². The number of carbonyl (C=O) groups is 1. The minimum Gasteiger partial charge on any atom is -0.347 e. The Hall–Kier alpha value is -1.70. The van der Waals surface area contributed by atoms with Gasteiger partial charge in [-0.15, -0.1) is 11.3 Å². The fourth-order valence-electron chi connectivity index (χ4n) is 3.43. The van der Waals surface area contributed by atoms with Crippen molar-refractivity contribution in [3.05, 3.63) is 51.2 Å². The molecule has 0 saturated heterocycles. The van der Waals surface area contributed by atoms with Crippen molar-refractivity contribution in [2.24, 2.45) is 0 Å². The molecule has 3 rings (SSSR count). The lowest BCUT2D eigenvalue weighted by Crippen LogP contribution is -2.30. The first-order valence-corrected chi connectivity index (χ1v) is 12.2. The van der Waals surface area contributed by atoms with Crippen LogP contribution < -0.4 is 10.0 Å². The van der Waals surface area contributed by atoms with Crippen LogP contribution in [0, 0.1) is 0 Å². The molecule has 1 amide bonds. The molecule has 0 fully saturated rings. The van der Waals surface area contributed by atoms with Gasteiger partial charge in [-0.25, -0.2) is 13.1 Å². The van der Waals surface area contributed by atoms with E-state index in [9.17, 15) is 13.2 Å². The van der Waals surface area contributed by atoms with Gasteiger partial charge in [-0.05, 0) is 68.9 Å². The fourth-order valence-corrected chi connectivity index (χ4v) is 5.92. The first-order chi connectivity index (χ1) is 13.3. The summed E-state index contributed by atoms with van der Waals surface area (Å²) in [5.74, 6) is -0.0923. The Labute approximate surface area is 171 Å². The van der Waals surface area contributed by atoms with E-state index in [1.807, 2.05) is 12.1 Å². The van der Waals surface area contributed by atoms with E-state index in [0.717, 1.165) is 23.3 Å². The largest absolute Gasteiger partial charge is 0.347 e. The number of amides is 1. The van der Waals surface area contributed by atoms with Crippen LogP contribution >= 0.6 is 11.3 Å². The topological polar surface area (TPSA) is 75.3 Å². The van der Waals surface area contributed by atoms with Crippen molar-refractivity contribution in [2.75, 3.05) is 0 Å². The van der Waals surface area contributed by atoms with E-state index >= 15 is 0 Å². The van der Waals surface area contributed by atoms with E-state index in [1.165, 1.54) is 36.1 Å². The quantitative estimate of drug-likeness (QED) is 0.741. The highest BCUT2D eigenvalue weighted by Gasteiger charge is 2.17. The molecule has 0 bridgehead atoms. The van der Waals surface area contributed by atoms with Gasteiger partial charge < -0.3 is 5.32 Å². The maximum atomic E-state index is 12.6. The summed E-state index contributed by atoms with van der Waals surface area (Å²) in [5.41, 5.74) is 2.08. The maximum Gasteiger partial charge on any atom is 0.261 e. The predicted molar refractivity (Wildman–Crippen MR) is 113 cm³/mol. The van der Waals surface area contributed by atoms with Crippen LogP contribution in [0.3, 0.4) is 0 Å².